The van der Waals surface area contributed by atoms with E-state index in [4.69, 9.17) is 27.9 Å². The van der Waals surface area contributed by atoms with Gasteiger partial charge in [-0.2, -0.15) is 5.26 Å². The summed E-state index contributed by atoms with van der Waals surface area (Å²) in [6.07, 6.45) is 1.67. The van der Waals surface area contributed by atoms with E-state index in [0.29, 0.717) is 47.4 Å². The maximum absolute atomic E-state index is 13.5. The van der Waals surface area contributed by atoms with Gasteiger partial charge in [-0.05, 0) is 61.4 Å². The molecule has 2 aliphatic heterocycles. The number of rotatable bonds is 5. The number of halogens is 2. The molecule has 1 saturated heterocycles. The molecule has 0 spiro atoms. The smallest absolute Gasteiger partial charge is 0.256 e. The monoisotopic (exact) mass is 473 g/mol. The maximum Gasteiger partial charge on any atom is 0.256 e. The Morgan fingerprint density at radius 1 is 1.31 bits per heavy atom. The first-order valence-electron chi connectivity index (χ1n) is 10.8. The summed E-state index contributed by atoms with van der Waals surface area (Å²) in [6.45, 7) is 5.57. The zero-order valence-electron chi connectivity index (χ0n) is 18.1. The number of hydrogen-bond acceptors (Lipinski definition) is 4. The first kappa shape index (κ1) is 22.8. The Labute approximate surface area is 197 Å². The molecule has 2 atom stereocenters. The van der Waals surface area contributed by atoms with Crippen LogP contribution in [0, 0.1) is 31.1 Å². The molecule has 8 heteroatoms. The van der Waals surface area contributed by atoms with Crippen molar-refractivity contribution in [3.8, 4) is 6.07 Å². The standard InChI is InChI=1S/C24H25Cl2N3O3/c1-13-9-14(2)28-23(30)19(13)11-29-7-4-17-20(25)10-18(22(26)21(17)24(29)31)16(3-6-27)15-5-8-32-12-15/h9-10,15-16H,3-5,7-8,11-12H2,1-2H3,(H,28,30)/t15-,16?/m1/s1. The lowest BCUT2D eigenvalue weighted by Crippen LogP contribution is -2.39. The lowest BCUT2D eigenvalue weighted by molar-refractivity contribution is 0.0726. The minimum absolute atomic E-state index is 0.150. The number of nitriles is 1. The maximum atomic E-state index is 13.5. The Balaban J connectivity index is 1.72. The van der Waals surface area contributed by atoms with Crippen LogP contribution in [0.5, 0.6) is 0 Å². The van der Waals surface area contributed by atoms with E-state index >= 15 is 0 Å². The molecule has 1 aromatic carbocycles. The Morgan fingerprint density at radius 2 is 2.09 bits per heavy atom. The average molecular weight is 474 g/mol. The fourth-order valence-electron chi connectivity index (χ4n) is 4.85. The van der Waals surface area contributed by atoms with Gasteiger partial charge in [-0.3, -0.25) is 9.59 Å². The number of carbonyl (C=O) groups is 1. The van der Waals surface area contributed by atoms with Gasteiger partial charge in [0, 0.05) is 41.8 Å². The first-order valence-corrected chi connectivity index (χ1v) is 11.5. The predicted molar refractivity (Wildman–Crippen MR) is 123 cm³/mol. The normalized spacial score (nSPS) is 19.0. The average Bonchev–Trinajstić information content (AvgIpc) is 3.27. The minimum Gasteiger partial charge on any atom is -0.381 e. The van der Waals surface area contributed by atoms with Gasteiger partial charge >= 0.3 is 0 Å². The zero-order chi connectivity index (χ0) is 23.0. The summed E-state index contributed by atoms with van der Waals surface area (Å²) in [4.78, 5) is 30.5. The van der Waals surface area contributed by atoms with Crippen LogP contribution in [-0.2, 0) is 17.7 Å². The van der Waals surface area contributed by atoms with Crippen molar-refractivity contribution in [1.29, 1.82) is 5.26 Å². The molecule has 1 amide bonds. The molecule has 4 rings (SSSR count). The third-order valence-electron chi connectivity index (χ3n) is 6.57. The molecule has 0 bridgehead atoms. The number of aromatic amines is 1. The van der Waals surface area contributed by atoms with Crippen LogP contribution in [0.15, 0.2) is 16.9 Å². The zero-order valence-corrected chi connectivity index (χ0v) is 19.6. The van der Waals surface area contributed by atoms with Crippen LogP contribution in [0.1, 0.15) is 57.1 Å². The molecular weight excluding hydrogens is 449 g/mol. The van der Waals surface area contributed by atoms with Gasteiger partial charge in [0.1, 0.15) is 0 Å². The van der Waals surface area contributed by atoms with E-state index in [2.05, 4.69) is 11.1 Å². The van der Waals surface area contributed by atoms with Gasteiger partial charge in [0.2, 0.25) is 0 Å². The van der Waals surface area contributed by atoms with Crippen molar-refractivity contribution in [2.45, 2.75) is 45.6 Å². The fraction of sp³-hybridized carbons (Fsp3) is 0.458. The van der Waals surface area contributed by atoms with Crippen molar-refractivity contribution in [2.24, 2.45) is 5.92 Å². The molecule has 0 saturated carbocycles. The summed E-state index contributed by atoms with van der Waals surface area (Å²) in [5.41, 5.74) is 3.86. The summed E-state index contributed by atoms with van der Waals surface area (Å²) < 4.78 is 5.53. The highest BCUT2D eigenvalue weighted by Crippen LogP contribution is 2.43. The van der Waals surface area contributed by atoms with Crippen LogP contribution in [0.3, 0.4) is 0 Å². The molecular formula is C24H25Cl2N3O3. The Morgan fingerprint density at radius 3 is 2.75 bits per heavy atom. The van der Waals surface area contributed by atoms with E-state index in [9.17, 15) is 14.9 Å². The number of carbonyl (C=O) groups excluding carboxylic acids is 1. The second-order valence-electron chi connectivity index (χ2n) is 8.63. The van der Waals surface area contributed by atoms with Crippen LogP contribution in [0.25, 0.3) is 0 Å². The second kappa shape index (κ2) is 9.27. The second-order valence-corrected chi connectivity index (χ2v) is 9.41. The molecule has 1 unspecified atom stereocenters. The van der Waals surface area contributed by atoms with Gasteiger partial charge in [-0.25, -0.2) is 0 Å². The summed E-state index contributed by atoms with van der Waals surface area (Å²) in [5.74, 6) is -0.231. The molecule has 2 aromatic rings. The summed E-state index contributed by atoms with van der Waals surface area (Å²) in [5, 5.41) is 10.3. The van der Waals surface area contributed by atoms with E-state index < -0.39 is 0 Å². The van der Waals surface area contributed by atoms with Gasteiger partial charge in [0.15, 0.2) is 0 Å². The molecule has 3 heterocycles. The summed E-state index contributed by atoms with van der Waals surface area (Å²) in [6, 6.07) is 5.97. The number of nitrogens with one attached hydrogen (secondary N) is 1. The molecule has 1 aromatic heterocycles. The van der Waals surface area contributed by atoms with Crippen molar-refractivity contribution < 1.29 is 9.53 Å². The topological polar surface area (TPSA) is 86.2 Å². The molecule has 0 radical (unpaired) electrons. The van der Waals surface area contributed by atoms with Crippen LogP contribution >= 0.6 is 23.2 Å². The van der Waals surface area contributed by atoms with Gasteiger partial charge in [-0.1, -0.05) is 23.2 Å². The molecule has 0 aliphatic carbocycles. The van der Waals surface area contributed by atoms with Crippen LogP contribution in [-0.4, -0.2) is 35.5 Å². The number of H-pyrrole nitrogens is 1. The number of aromatic nitrogens is 1. The van der Waals surface area contributed by atoms with Gasteiger partial charge in [0.05, 0.1) is 29.8 Å². The number of nitrogens with zero attached hydrogens (tertiary/aromatic N) is 2. The van der Waals surface area contributed by atoms with Crippen LogP contribution in [0.4, 0.5) is 0 Å². The van der Waals surface area contributed by atoms with E-state index in [1.165, 1.54) is 0 Å². The Hall–Kier alpha value is -2.33. The highest BCUT2D eigenvalue weighted by atomic mass is 35.5. The highest BCUT2D eigenvalue weighted by molar-refractivity contribution is 6.37. The van der Waals surface area contributed by atoms with Crippen molar-refractivity contribution in [1.82, 2.24) is 9.88 Å². The molecule has 1 fully saturated rings. The van der Waals surface area contributed by atoms with Gasteiger partial charge in [0.25, 0.3) is 11.5 Å². The summed E-state index contributed by atoms with van der Waals surface area (Å²) >= 11 is 13.4. The summed E-state index contributed by atoms with van der Waals surface area (Å²) in [7, 11) is 0. The Kier molecular flexibility index (Phi) is 6.62. The van der Waals surface area contributed by atoms with Crippen LogP contribution < -0.4 is 5.56 Å². The largest absolute Gasteiger partial charge is 0.381 e. The lowest BCUT2D eigenvalue weighted by atomic mass is 9.81. The van der Waals surface area contributed by atoms with Crippen molar-refractivity contribution in [3.05, 3.63) is 66.0 Å². The molecule has 1 N–H and O–H groups in total. The molecule has 6 nitrogen and oxygen atoms in total. The number of fused-ring (bicyclic) bond motifs is 1. The fourth-order valence-corrected chi connectivity index (χ4v) is 5.54. The van der Waals surface area contributed by atoms with Gasteiger partial charge in [-0.15, -0.1) is 0 Å². The Bertz CT molecular complexity index is 1160. The van der Waals surface area contributed by atoms with Crippen molar-refractivity contribution in [2.75, 3.05) is 19.8 Å². The molecule has 32 heavy (non-hydrogen) atoms. The third kappa shape index (κ3) is 4.17. The third-order valence-corrected chi connectivity index (χ3v) is 7.31. The van der Waals surface area contributed by atoms with E-state index in [1.54, 1.807) is 4.90 Å². The van der Waals surface area contributed by atoms with Crippen LogP contribution in [0.2, 0.25) is 10.0 Å². The van der Waals surface area contributed by atoms with Gasteiger partial charge < -0.3 is 14.6 Å². The quantitative estimate of drug-likeness (QED) is 0.690. The number of hydrogen-bond donors (Lipinski definition) is 1. The number of aryl methyl sites for hydroxylation is 2. The molecule has 168 valence electrons. The predicted octanol–water partition coefficient (Wildman–Crippen LogP) is 4.53. The minimum atomic E-state index is -0.238. The number of pyridine rings is 1. The number of amides is 1. The van der Waals surface area contributed by atoms with E-state index in [1.807, 2.05) is 26.0 Å². The SMILES string of the molecule is Cc1cc(C)c(CN2CCc3c(Cl)cc(C(CC#N)[C@@H]4CCOC4)c(Cl)c3C2=O)c(=O)[nH]1. The molecule has 2 aliphatic rings. The number of benzene rings is 1. The first-order chi connectivity index (χ1) is 15.3. The van der Waals surface area contributed by atoms with E-state index in [0.717, 1.165) is 28.8 Å². The number of ether oxygens (including phenoxy) is 1. The lowest BCUT2D eigenvalue weighted by Gasteiger charge is -2.32. The van der Waals surface area contributed by atoms with Crippen molar-refractivity contribution >= 4 is 29.1 Å². The highest BCUT2D eigenvalue weighted by Gasteiger charge is 2.35. The van der Waals surface area contributed by atoms with Crippen molar-refractivity contribution in [3.63, 3.8) is 0 Å². The van der Waals surface area contributed by atoms with E-state index in [-0.39, 0.29) is 36.3 Å².